The highest BCUT2D eigenvalue weighted by Crippen LogP contribution is 2.30. The molecular formula is C14H15NO6. The molecule has 0 aromatic heterocycles. The van der Waals surface area contributed by atoms with Crippen molar-refractivity contribution < 1.29 is 29.3 Å². The van der Waals surface area contributed by atoms with Crippen LogP contribution < -0.4 is 4.74 Å². The molecule has 0 saturated carbocycles. The molecule has 21 heavy (non-hydrogen) atoms. The van der Waals surface area contributed by atoms with E-state index >= 15 is 0 Å². The van der Waals surface area contributed by atoms with Gasteiger partial charge in [0.2, 0.25) is 5.91 Å². The molecule has 0 spiro atoms. The number of benzene rings is 1. The molecule has 1 fully saturated rings. The zero-order chi connectivity index (χ0) is 15.6. The Kier molecular flexibility index (Phi) is 4.11. The molecule has 1 amide bonds. The maximum atomic E-state index is 11.9. The molecule has 1 heterocycles. The molecule has 2 rings (SSSR count). The van der Waals surface area contributed by atoms with Crippen molar-refractivity contribution in [3.63, 3.8) is 0 Å². The minimum atomic E-state index is -1.19. The van der Waals surface area contributed by atoms with Gasteiger partial charge in [-0.05, 0) is 17.7 Å². The number of nitrogens with zero attached hydrogens (tertiary/aromatic N) is 1. The Morgan fingerprint density at radius 2 is 1.90 bits per heavy atom. The van der Waals surface area contributed by atoms with Gasteiger partial charge in [0, 0.05) is 13.0 Å². The number of carboxylic acid groups (broad SMARTS) is 2. The summed E-state index contributed by atoms with van der Waals surface area (Å²) in [6.45, 7) is -0.100. The Balaban J connectivity index is 2.28. The van der Waals surface area contributed by atoms with E-state index in [1.807, 2.05) is 0 Å². The van der Waals surface area contributed by atoms with Gasteiger partial charge in [-0.15, -0.1) is 0 Å². The maximum absolute atomic E-state index is 11.9. The van der Waals surface area contributed by atoms with E-state index in [4.69, 9.17) is 9.84 Å². The fourth-order valence-corrected chi connectivity index (χ4v) is 2.39. The normalized spacial score (nSPS) is 19.4. The Bertz CT molecular complexity index is 567. The first-order chi connectivity index (χ1) is 9.93. The van der Waals surface area contributed by atoms with Crippen LogP contribution in [0.15, 0.2) is 24.3 Å². The molecule has 0 bridgehead atoms. The van der Waals surface area contributed by atoms with Crippen LogP contribution in [0.4, 0.5) is 0 Å². The highest BCUT2D eigenvalue weighted by molar-refractivity contribution is 5.90. The van der Waals surface area contributed by atoms with Crippen LogP contribution in [0.2, 0.25) is 0 Å². The first kappa shape index (κ1) is 14.8. The van der Waals surface area contributed by atoms with Gasteiger partial charge < -0.3 is 19.8 Å². The summed E-state index contributed by atoms with van der Waals surface area (Å²) < 4.78 is 5.00. The molecule has 1 aromatic carbocycles. The number of aliphatic carboxylic acids is 2. The molecular weight excluding hydrogens is 278 g/mol. The lowest BCUT2D eigenvalue weighted by atomic mass is 10.1. The highest BCUT2D eigenvalue weighted by atomic mass is 16.5. The number of likely N-dealkylation sites (tertiary alicyclic amines) is 1. The Labute approximate surface area is 120 Å². The van der Waals surface area contributed by atoms with Crippen LogP contribution in [0.1, 0.15) is 18.0 Å². The Morgan fingerprint density at radius 1 is 1.29 bits per heavy atom. The number of rotatable bonds is 5. The fraction of sp³-hybridized carbons (Fsp3) is 0.357. The molecule has 0 aliphatic carbocycles. The van der Waals surface area contributed by atoms with Gasteiger partial charge in [0.1, 0.15) is 5.75 Å². The molecule has 2 unspecified atom stereocenters. The number of carboxylic acids is 2. The molecule has 1 aliphatic heterocycles. The molecule has 1 aromatic rings. The number of ether oxygens (including phenoxy) is 1. The Morgan fingerprint density at radius 3 is 2.33 bits per heavy atom. The van der Waals surface area contributed by atoms with E-state index in [1.54, 1.807) is 24.3 Å². The second-order valence-electron chi connectivity index (χ2n) is 4.80. The van der Waals surface area contributed by atoms with E-state index in [0.717, 1.165) is 4.90 Å². The fourth-order valence-electron chi connectivity index (χ4n) is 2.39. The summed E-state index contributed by atoms with van der Waals surface area (Å²) in [7, 11) is 1.49. The van der Waals surface area contributed by atoms with Gasteiger partial charge in [-0.2, -0.15) is 0 Å². The number of amides is 1. The van der Waals surface area contributed by atoms with Crippen LogP contribution in [-0.2, 0) is 14.4 Å². The zero-order valence-corrected chi connectivity index (χ0v) is 11.4. The van der Waals surface area contributed by atoms with Crippen molar-refractivity contribution in [1.29, 1.82) is 0 Å². The lowest BCUT2D eigenvalue weighted by molar-refractivity contribution is -0.149. The highest BCUT2D eigenvalue weighted by Gasteiger charge is 2.41. The number of carbonyl (C=O) groups is 3. The van der Waals surface area contributed by atoms with Gasteiger partial charge in [-0.3, -0.25) is 9.59 Å². The molecule has 2 atom stereocenters. The second-order valence-corrected chi connectivity index (χ2v) is 4.80. The van der Waals surface area contributed by atoms with Crippen LogP contribution in [-0.4, -0.2) is 46.6 Å². The molecule has 2 N–H and O–H groups in total. The van der Waals surface area contributed by atoms with Crippen molar-refractivity contribution in [2.75, 3.05) is 13.7 Å². The summed E-state index contributed by atoms with van der Waals surface area (Å²) in [4.78, 5) is 35.5. The van der Waals surface area contributed by atoms with E-state index in [-0.39, 0.29) is 13.0 Å². The van der Waals surface area contributed by atoms with E-state index in [2.05, 4.69) is 0 Å². The number of carbonyl (C=O) groups excluding carboxylic acids is 1. The minimum Gasteiger partial charge on any atom is -0.497 e. The van der Waals surface area contributed by atoms with Gasteiger partial charge in [-0.25, -0.2) is 4.79 Å². The third-order valence-corrected chi connectivity index (χ3v) is 3.48. The van der Waals surface area contributed by atoms with Crippen molar-refractivity contribution in [3.05, 3.63) is 29.8 Å². The summed E-state index contributed by atoms with van der Waals surface area (Å²) in [5.74, 6) is -3.05. The lowest BCUT2D eigenvalue weighted by Crippen LogP contribution is -2.35. The predicted octanol–water partition coefficient (Wildman–Crippen LogP) is 0.754. The molecule has 7 heteroatoms. The van der Waals surface area contributed by atoms with Gasteiger partial charge >= 0.3 is 11.9 Å². The zero-order valence-electron chi connectivity index (χ0n) is 11.4. The molecule has 0 radical (unpaired) electrons. The van der Waals surface area contributed by atoms with E-state index in [1.165, 1.54) is 7.11 Å². The smallest absolute Gasteiger partial charge is 0.331 e. The van der Waals surface area contributed by atoms with Crippen molar-refractivity contribution in [1.82, 2.24) is 4.90 Å². The van der Waals surface area contributed by atoms with Gasteiger partial charge in [0.15, 0.2) is 6.04 Å². The topological polar surface area (TPSA) is 104 Å². The van der Waals surface area contributed by atoms with Gasteiger partial charge in [0.25, 0.3) is 0 Å². The van der Waals surface area contributed by atoms with Crippen LogP contribution in [0, 0.1) is 5.92 Å². The predicted molar refractivity (Wildman–Crippen MR) is 70.8 cm³/mol. The minimum absolute atomic E-state index is 0.100. The first-order valence-electron chi connectivity index (χ1n) is 6.33. The van der Waals surface area contributed by atoms with E-state index in [0.29, 0.717) is 11.3 Å². The molecule has 7 nitrogen and oxygen atoms in total. The summed E-state index contributed by atoms with van der Waals surface area (Å²) in [5, 5.41) is 18.3. The van der Waals surface area contributed by atoms with Crippen molar-refractivity contribution >= 4 is 17.8 Å². The van der Waals surface area contributed by atoms with Crippen LogP contribution in [0.5, 0.6) is 5.75 Å². The van der Waals surface area contributed by atoms with Crippen LogP contribution in [0.25, 0.3) is 0 Å². The average molecular weight is 293 g/mol. The van der Waals surface area contributed by atoms with Crippen molar-refractivity contribution in [2.24, 2.45) is 5.92 Å². The SMILES string of the molecule is COc1ccc(C(C(=O)O)N2CC(C(=O)O)CC2=O)cc1. The number of hydrogen-bond acceptors (Lipinski definition) is 4. The first-order valence-corrected chi connectivity index (χ1v) is 6.33. The Hall–Kier alpha value is -2.57. The molecule has 1 aliphatic rings. The summed E-state index contributed by atoms with van der Waals surface area (Å²) in [6, 6.07) is 5.12. The largest absolute Gasteiger partial charge is 0.497 e. The van der Waals surface area contributed by atoms with Crippen LogP contribution >= 0.6 is 0 Å². The van der Waals surface area contributed by atoms with Gasteiger partial charge in [0.05, 0.1) is 13.0 Å². The summed E-state index contributed by atoms with van der Waals surface area (Å²) >= 11 is 0. The molecule has 1 saturated heterocycles. The van der Waals surface area contributed by atoms with Gasteiger partial charge in [-0.1, -0.05) is 12.1 Å². The van der Waals surface area contributed by atoms with Crippen molar-refractivity contribution in [3.8, 4) is 5.75 Å². The average Bonchev–Trinajstić information content (AvgIpc) is 2.82. The third kappa shape index (κ3) is 2.96. The number of methoxy groups -OCH3 is 1. The second kappa shape index (κ2) is 5.82. The standard InChI is InChI=1S/C14H15NO6/c1-21-10-4-2-8(3-5-10)12(14(19)20)15-7-9(13(17)18)6-11(15)16/h2-5,9,12H,6-7H2,1H3,(H,17,18)(H,19,20). The van der Waals surface area contributed by atoms with E-state index in [9.17, 15) is 19.5 Å². The summed E-state index contributed by atoms with van der Waals surface area (Å²) in [6.07, 6.45) is -0.171. The quantitative estimate of drug-likeness (QED) is 0.830. The maximum Gasteiger partial charge on any atom is 0.331 e. The summed E-state index contributed by atoms with van der Waals surface area (Å²) in [5.41, 5.74) is 0.405. The monoisotopic (exact) mass is 293 g/mol. The van der Waals surface area contributed by atoms with Crippen molar-refractivity contribution in [2.45, 2.75) is 12.5 Å². The molecule has 112 valence electrons. The lowest BCUT2D eigenvalue weighted by Gasteiger charge is -2.24. The third-order valence-electron chi connectivity index (χ3n) is 3.48. The van der Waals surface area contributed by atoms with E-state index < -0.39 is 29.8 Å². The number of hydrogen-bond donors (Lipinski definition) is 2. The van der Waals surface area contributed by atoms with Crippen LogP contribution in [0.3, 0.4) is 0 Å².